The van der Waals surface area contributed by atoms with E-state index < -0.39 is 0 Å². The first-order valence-corrected chi connectivity index (χ1v) is 7.56. The van der Waals surface area contributed by atoms with Crippen molar-refractivity contribution < 1.29 is 4.52 Å². The summed E-state index contributed by atoms with van der Waals surface area (Å²) in [5.41, 5.74) is 9.25. The highest BCUT2D eigenvalue weighted by molar-refractivity contribution is 5.61. The molecule has 0 atom stereocenters. The van der Waals surface area contributed by atoms with Gasteiger partial charge in [0.05, 0.1) is 6.54 Å². The predicted molar refractivity (Wildman–Crippen MR) is 83.1 cm³/mol. The average molecular weight is 286 g/mol. The maximum Gasteiger partial charge on any atom is 0.226 e. The van der Waals surface area contributed by atoms with E-state index in [4.69, 9.17) is 10.3 Å². The highest BCUT2D eigenvalue weighted by Crippen LogP contribution is 2.29. The van der Waals surface area contributed by atoms with Gasteiger partial charge in [-0.05, 0) is 42.5 Å². The SMILES string of the molecule is CC(C)Cc1nc(CN2CCCc3cc(N)ccc32)no1. The van der Waals surface area contributed by atoms with Gasteiger partial charge >= 0.3 is 0 Å². The van der Waals surface area contributed by atoms with Crippen LogP contribution >= 0.6 is 0 Å². The van der Waals surface area contributed by atoms with Crippen molar-refractivity contribution >= 4 is 11.4 Å². The van der Waals surface area contributed by atoms with Crippen LogP contribution in [0.25, 0.3) is 0 Å². The molecule has 0 radical (unpaired) electrons. The highest BCUT2D eigenvalue weighted by Gasteiger charge is 2.19. The van der Waals surface area contributed by atoms with Gasteiger partial charge < -0.3 is 15.2 Å². The number of nitrogens with two attached hydrogens (primary N) is 1. The topological polar surface area (TPSA) is 68.2 Å². The summed E-state index contributed by atoms with van der Waals surface area (Å²) in [7, 11) is 0. The van der Waals surface area contributed by atoms with Crippen molar-refractivity contribution in [1.82, 2.24) is 10.1 Å². The second-order valence-electron chi connectivity index (χ2n) is 6.12. The standard InChI is InChI=1S/C16H22N4O/c1-11(2)8-16-18-15(19-21-16)10-20-7-3-4-12-9-13(17)5-6-14(12)20/h5-6,9,11H,3-4,7-8,10,17H2,1-2H3. The lowest BCUT2D eigenvalue weighted by Crippen LogP contribution is -2.29. The summed E-state index contributed by atoms with van der Waals surface area (Å²) >= 11 is 0. The van der Waals surface area contributed by atoms with E-state index in [1.54, 1.807) is 0 Å². The van der Waals surface area contributed by atoms with Crippen LogP contribution in [0.1, 0.15) is 37.5 Å². The van der Waals surface area contributed by atoms with Crippen LogP contribution < -0.4 is 10.6 Å². The molecule has 0 amide bonds. The fraction of sp³-hybridized carbons (Fsp3) is 0.500. The zero-order valence-electron chi connectivity index (χ0n) is 12.7. The van der Waals surface area contributed by atoms with Gasteiger partial charge in [-0.15, -0.1) is 0 Å². The number of hydrogen-bond acceptors (Lipinski definition) is 5. The molecule has 0 spiro atoms. The Labute approximate surface area is 125 Å². The van der Waals surface area contributed by atoms with Gasteiger partial charge in [0, 0.05) is 24.3 Å². The molecule has 5 nitrogen and oxygen atoms in total. The van der Waals surface area contributed by atoms with Gasteiger partial charge in [0.1, 0.15) is 0 Å². The molecule has 0 aliphatic carbocycles. The molecule has 5 heteroatoms. The van der Waals surface area contributed by atoms with Gasteiger partial charge in [0.25, 0.3) is 0 Å². The summed E-state index contributed by atoms with van der Waals surface area (Å²) in [6, 6.07) is 6.12. The Kier molecular flexibility index (Phi) is 3.82. The van der Waals surface area contributed by atoms with Crippen LogP contribution in [0.4, 0.5) is 11.4 Å². The van der Waals surface area contributed by atoms with Crippen LogP contribution in [0.2, 0.25) is 0 Å². The normalized spacial score (nSPS) is 14.5. The molecule has 1 aliphatic rings. The number of aromatic nitrogens is 2. The Morgan fingerprint density at radius 1 is 1.38 bits per heavy atom. The second kappa shape index (κ2) is 5.76. The van der Waals surface area contributed by atoms with Crippen LogP contribution in [0, 0.1) is 5.92 Å². The van der Waals surface area contributed by atoms with Crippen LogP contribution in [0.5, 0.6) is 0 Å². The lowest BCUT2D eigenvalue weighted by Gasteiger charge is -2.30. The lowest BCUT2D eigenvalue weighted by molar-refractivity contribution is 0.358. The zero-order valence-corrected chi connectivity index (χ0v) is 12.7. The van der Waals surface area contributed by atoms with E-state index in [-0.39, 0.29) is 0 Å². The summed E-state index contributed by atoms with van der Waals surface area (Å²) < 4.78 is 5.32. The minimum Gasteiger partial charge on any atom is -0.399 e. The highest BCUT2D eigenvalue weighted by atomic mass is 16.5. The van der Waals surface area contributed by atoms with E-state index in [2.05, 4.69) is 41.0 Å². The number of anilines is 2. The molecule has 2 N–H and O–H groups in total. The maximum atomic E-state index is 5.87. The predicted octanol–water partition coefficient (Wildman–Crippen LogP) is 2.80. The summed E-state index contributed by atoms with van der Waals surface area (Å²) in [5.74, 6) is 2.02. The third-order valence-corrected chi connectivity index (χ3v) is 3.74. The van der Waals surface area contributed by atoms with Gasteiger partial charge in [-0.3, -0.25) is 0 Å². The first-order chi connectivity index (χ1) is 10.1. The Morgan fingerprint density at radius 2 is 2.24 bits per heavy atom. The Morgan fingerprint density at radius 3 is 3.05 bits per heavy atom. The van der Waals surface area contributed by atoms with Crippen molar-refractivity contribution in [3.8, 4) is 0 Å². The van der Waals surface area contributed by atoms with Gasteiger partial charge in [-0.2, -0.15) is 4.98 Å². The Balaban J connectivity index is 1.76. The van der Waals surface area contributed by atoms with E-state index in [0.717, 1.165) is 43.2 Å². The van der Waals surface area contributed by atoms with Gasteiger partial charge in [-0.1, -0.05) is 19.0 Å². The van der Waals surface area contributed by atoms with E-state index in [9.17, 15) is 0 Å². The Bertz CT molecular complexity index is 620. The first-order valence-electron chi connectivity index (χ1n) is 7.56. The average Bonchev–Trinajstić information content (AvgIpc) is 2.85. The van der Waals surface area contributed by atoms with Crippen molar-refractivity contribution in [1.29, 1.82) is 0 Å². The number of aryl methyl sites for hydroxylation is 1. The smallest absolute Gasteiger partial charge is 0.226 e. The van der Waals surface area contributed by atoms with E-state index in [1.165, 1.54) is 11.3 Å². The van der Waals surface area contributed by atoms with Crippen molar-refractivity contribution in [2.45, 2.75) is 39.7 Å². The van der Waals surface area contributed by atoms with E-state index in [1.807, 2.05) is 6.07 Å². The maximum absolute atomic E-state index is 5.87. The lowest BCUT2D eigenvalue weighted by atomic mass is 10.0. The summed E-state index contributed by atoms with van der Waals surface area (Å²) in [5, 5.41) is 4.10. The fourth-order valence-corrected chi connectivity index (χ4v) is 2.82. The molecule has 1 aromatic carbocycles. The molecule has 112 valence electrons. The molecule has 0 unspecified atom stereocenters. The monoisotopic (exact) mass is 286 g/mol. The fourth-order valence-electron chi connectivity index (χ4n) is 2.82. The van der Waals surface area contributed by atoms with Crippen molar-refractivity contribution in [3.05, 3.63) is 35.5 Å². The van der Waals surface area contributed by atoms with Crippen LogP contribution in [-0.2, 0) is 19.4 Å². The number of rotatable bonds is 4. The van der Waals surface area contributed by atoms with Gasteiger partial charge in [0.2, 0.25) is 5.89 Å². The van der Waals surface area contributed by atoms with Gasteiger partial charge in [-0.25, -0.2) is 0 Å². The van der Waals surface area contributed by atoms with E-state index >= 15 is 0 Å². The summed E-state index contributed by atoms with van der Waals surface area (Å²) in [4.78, 5) is 6.80. The van der Waals surface area contributed by atoms with Crippen LogP contribution in [0.3, 0.4) is 0 Å². The first kappa shape index (κ1) is 13.9. The third kappa shape index (κ3) is 3.17. The van der Waals surface area contributed by atoms with Crippen LogP contribution in [0.15, 0.2) is 22.7 Å². The summed E-state index contributed by atoms with van der Waals surface area (Å²) in [6.45, 7) is 6.01. The minimum atomic E-state index is 0.525. The molecule has 21 heavy (non-hydrogen) atoms. The number of nitrogens with zero attached hydrogens (tertiary/aromatic N) is 3. The quantitative estimate of drug-likeness (QED) is 0.875. The van der Waals surface area contributed by atoms with Gasteiger partial charge in [0.15, 0.2) is 5.82 Å². The van der Waals surface area contributed by atoms with E-state index in [0.29, 0.717) is 12.5 Å². The molecule has 0 saturated carbocycles. The molecule has 3 rings (SSSR count). The number of nitrogen functional groups attached to an aromatic ring is 1. The molecule has 0 fully saturated rings. The molecule has 1 aromatic heterocycles. The number of hydrogen-bond donors (Lipinski definition) is 1. The molecule has 1 aliphatic heterocycles. The molecule has 0 saturated heterocycles. The minimum absolute atomic E-state index is 0.525. The van der Waals surface area contributed by atoms with Crippen molar-refractivity contribution in [3.63, 3.8) is 0 Å². The molecule has 2 heterocycles. The van der Waals surface area contributed by atoms with Crippen LogP contribution in [-0.4, -0.2) is 16.7 Å². The second-order valence-corrected chi connectivity index (χ2v) is 6.12. The molecule has 2 aromatic rings. The number of benzene rings is 1. The molecular weight excluding hydrogens is 264 g/mol. The van der Waals surface area contributed by atoms with Crippen molar-refractivity contribution in [2.75, 3.05) is 17.2 Å². The summed E-state index contributed by atoms with van der Waals surface area (Å²) in [6.07, 6.45) is 3.05. The molecular formula is C16H22N4O. The Hall–Kier alpha value is -2.04. The number of fused-ring (bicyclic) bond motifs is 1. The third-order valence-electron chi connectivity index (χ3n) is 3.74. The van der Waals surface area contributed by atoms with Crippen molar-refractivity contribution in [2.24, 2.45) is 5.92 Å². The molecule has 0 bridgehead atoms. The largest absolute Gasteiger partial charge is 0.399 e. The zero-order chi connectivity index (χ0) is 14.8.